The fourth-order valence-corrected chi connectivity index (χ4v) is 1.19. The van der Waals surface area contributed by atoms with E-state index in [4.69, 9.17) is 5.26 Å². The molecule has 59 valence electrons. The van der Waals surface area contributed by atoms with Crippen molar-refractivity contribution in [1.82, 2.24) is 5.06 Å². The Morgan fingerprint density at radius 2 is 2.30 bits per heavy atom. The van der Waals surface area contributed by atoms with Crippen LogP contribution in [0.5, 0.6) is 0 Å². The van der Waals surface area contributed by atoms with Crippen LogP contribution in [0.1, 0.15) is 26.7 Å². The fourth-order valence-electron chi connectivity index (χ4n) is 1.19. The Balaban J connectivity index is 2.58. The van der Waals surface area contributed by atoms with Crippen molar-refractivity contribution in [2.24, 2.45) is 0 Å². The molecule has 4 nitrogen and oxygen atoms in total. The number of hydrogen-bond acceptors (Lipinski definition) is 3. The zero-order chi connectivity index (χ0) is 7.78. The maximum atomic E-state index is 11.1. The molecule has 0 spiro atoms. The van der Waals surface area contributed by atoms with Gasteiger partial charge in [0.1, 0.15) is 0 Å². The molecule has 1 fully saturated rings. The predicted molar refractivity (Wildman–Crippen MR) is 33.3 cm³/mol. The normalized spacial score (nSPS) is 33.0. The van der Waals surface area contributed by atoms with Gasteiger partial charge < -0.3 is 0 Å². The molecule has 1 rings (SSSR count). The van der Waals surface area contributed by atoms with Crippen molar-refractivity contribution in [3.8, 4) is 0 Å². The molecule has 4 heteroatoms. The van der Waals surface area contributed by atoms with E-state index >= 15 is 0 Å². The van der Waals surface area contributed by atoms with Crippen LogP contribution in [-0.4, -0.2) is 22.1 Å². The first-order chi connectivity index (χ1) is 4.58. The highest BCUT2D eigenvalue weighted by atomic mass is 17.1. The second-order valence-corrected chi connectivity index (χ2v) is 3.24. The molecule has 0 aromatic heterocycles. The Hall–Kier alpha value is -0.160. The quantitative estimate of drug-likeness (QED) is 0.444. The number of nitrogens with zero attached hydrogens (tertiary/aromatic N) is 1. The molecule has 1 heterocycles. The van der Waals surface area contributed by atoms with Crippen LogP contribution in [0.3, 0.4) is 0 Å². The van der Waals surface area contributed by atoms with Crippen LogP contribution in [0.4, 0.5) is 0 Å². The highest BCUT2D eigenvalue weighted by molar-refractivity contribution is 4.84. The van der Waals surface area contributed by atoms with Gasteiger partial charge in [0.2, 0.25) is 0 Å². The predicted octanol–water partition coefficient (Wildman–Crippen LogP) is 1.02. The lowest BCUT2D eigenvalue weighted by Gasteiger charge is -2.24. The van der Waals surface area contributed by atoms with Crippen molar-refractivity contribution in [3.05, 3.63) is 0 Å². The number of hydroxylamine groups is 2. The van der Waals surface area contributed by atoms with E-state index in [2.05, 4.69) is 4.89 Å². The van der Waals surface area contributed by atoms with Crippen LogP contribution < -0.4 is 0 Å². The summed E-state index contributed by atoms with van der Waals surface area (Å²) in [6.07, 6.45) is 0.712. The molecular weight excluding hydrogens is 134 g/mol. The van der Waals surface area contributed by atoms with Crippen molar-refractivity contribution in [1.29, 1.82) is 0 Å². The van der Waals surface area contributed by atoms with Gasteiger partial charge in [-0.25, -0.2) is 4.89 Å². The van der Waals surface area contributed by atoms with Gasteiger partial charge in [-0.1, -0.05) is 0 Å². The summed E-state index contributed by atoms with van der Waals surface area (Å²) in [7, 11) is 0. The van der Waals surface area contributed by atoms with E-state index in [0.717, 1.165) is 11.5 Å². The average molecular weight is 146 g/mol. The molecule has 1 aliphatic heterocycles. The van der Waals surface area contributed by atoms with E-state index in [1.165, 1.54) is 0 Å². The van der Waals surface area contributed by atoms with Crippen LogP contribution in [0.15, 0.2) is 0 Å². The molecular formula is C6H12NO3. The third kappa shape index (κ3) is 1.15. The minimum Gasteiger partial charge on any atom is -0.250 e. The van der Waals surface area contributed by atoms with E-state index in [0.29, 0.717) is 6.42 Å². The Morgan fingerprint density at radius 1 is 1.70 bits per heavy atom. The molecule has 1 saturated heterocycles. The first kappa shape index (κ1) is 7.94. The Kier molecular flexibility index (Phi) is 1.96. The summed E-state index contributed by atoms with van der Waals surface area (Å²) >= 11 is 0. The van der Waals surface area contributed by atoms with E-state index in [1.807, 2.05) is 13.8 Å². The molecule has 0 amide bonds. The number of hydrogen-bond donors (Lipinski definition) is 1. The standard InChI is InChI=1S/C6H12NO3/c1-6(2)4-3-5(10-9)7(6)8/h5,9H,3-4H2,1-2H3. The Bertz CT molecular complexity index is 126. The summed E-state index contributed by atoms with van der Waals surface area (Å²) in [5, 5.41) is 20.1. The molecule has 1 radical (unpaired) electrons. The van der Waals surface area contributed by atoms with Gasteiger partial charge in [0.25, 0.3) is 0 Å². The van der Waals surface area contributed by atoms with Crippen LogP contribution >= 0.6 is 0 Å². The van der Waals surface area contributed by atoms with Crippen molar-refractivity contribution < 1.29 is 15.4 Å². The zero-order valence-corrected chi connectivity index (χ0v) is 6.20. The minimum atomic E-state index is -0.657. The van der Waals surface area contributed by atoms with Gasteiger partial charge >= 0.3 is 0 Å². The fraction of sp³-hybridized carbons (Fsp3) is 1.00. The molecule has 10 heavy (non-hydrogen) atoms. The van der Waals surface area contributed by atoms with E-state index in [-0.39, 0.29) is 5.54 Å². The second-order valence-electron chi connectivity index (χ2n) is 3.24. The van der Waals surface area contributed by atoms with Gasteiger partial charge in [-0.2, -0.15) is 0 Å². The Labute approximate surface area is 59.9 Å². The lowest BCUT2D eigenvalue weighted by Crippen LogP contribution is -2.39. The molecule has 0 bridgehead atoms. The van der Waals surface area contributed by atoms with E-state index in [1.54, 1.807) is 0 Å². The van der Waals surface area contributed by atoms with Crippen LogP contribution in [0, 0.1) is 0 Å². The minimum absolute atomic E-state index is 0.382. The maximum Gasteiger partial charge on any atom is 0.171 e. The average Bonchev–Trinajstić information content (AvgIpc) is 2.10. The monoisotopic (exact) mass is 146 g/mol. The van der Waals surface area contributed by atoms with Crippen molar-refractivity contribution in [3.63, 3.8) is 0 Å². The van der Waals surface area contributed by atoms with Crippen molar-refractivity contribution >= 4 is 0 Å². The summed E-state index contributed by atoms with van der Waals surface area (Å²) in [4.78, 5) is 3.97. The maximum absolute atomic E-state index is 11.1. The molecule has 0 saturated carbocycles. The highest BCUT2D eigenvalue weighted by Crippen LogP contribution is 2.31. The second kappa shape index (κ2) is 2.47. The molecule has 0 aromatic carbocycles. The van der Waals surface area contributed by atoms with Crippen molar-refractivity contribution in [2.45, 2.75) is 38.5 Å². The van der Waals surface area contributed by atoms with Gasteiger partial charge in [-0.05, 0) is 26.7 Å². The molecule has 1 aliphatic rings. The molecule has 0 aliphatic carbocycles. The first-order valence-corrected chi connectivity index (χ1v) is 3.34. The van der Waals surface area contributed by atoms with Gasteiger partial charge in [0.15, 0.2) is 6.23 Å². The summed E-state index contributed by atoms with van der Waals surface area (Å²) in [5.74, 6) is 0. The van der Waals surface area contributed by atoms with Gasteiger partial charge in [0, 0.05) is 5.54 Å². The third-order valence-electron chi connectivity index (χ3n) is 1.98. The van der Waals surface area contributed by atoms with Crippen LogP contribution in [-0.2, 0) is 10.1 Å². The summed E-state index contributed by atoms with van der Waals surface area (Å²) in [6.45, 7) is 3.66. The SMILES string of the molecule is CC1(C)CCC(OO)N1[O]. The summed E-state index contributed by atoms with van der Waals surface area (Å²) in [5.41, 5.74) is -0.382. The largest absolute Gasteiger partial charge is 0.250 e. The van der Waals surface area contributed by atoms with Gasteiger partial charge in [-0.3, -0.25) is 5.26 Å². The lowest BCUT2D eigenvalue weighted by molar-refractivity contribution is -0.376. The molecule has 1 unspecified atom stereocenters. The molecule has 1 atom stereocenters. The number of rotatable bonds is 1. The summed E-state index contributed by atoms with van der Waals surface area (Å²) in [6, 6.07) is 0. The topological polar surface area (TPSA) is 52.6 Å². The lowest BCUT2D eigenvalue weighted by atomic mass is 10.0. The summed E-state index contributed by atoms with van der Waals surface area (Å²) < 4.78 is 0. The van der Waals surface area contributed by atoms with E-state index < -0.39 is 6.23 Å². The van der Waals surface area contributed by atoms with Gasteiger partial charge in [-0.15, -0.1) is 10.3 Å². The highest BCUT2D eigenvalue weighted by Gasteiger charge is 2.41. The molecule has 0 aromatic rings. The van der Waals surface area contributed by atoms with E-state index in [9.17, 15) is 5.21 Å². The zero-order valence-electron chi connectivity index (χ0n) is 6.20. The molecule has 1 N–H and O–H groups in total. The third-order valence-corrected chi connectivity index (χ3v) is 1.98. The Morgan fingerprint density at radius 3 is 2.50 bits per heavy atom. The van der Waals surface area contributed by atoms with Gasteiger partial charge in [0.05, 0.1) is 0 Å². The van der Waals surface area contributed by atoms with Crippen LogP contribution in [0.2, 0.25) is 0 Å². The van der Waals surface area contributed by atoms with Crippen molar-refractivity contribution in [2.75, 3.05) is 0 Å². The van der Waals surface area contributed by atoms with Crippen LogP contribution in [0.25, 0.3) is 0 Å². The first-order valence-electron chi connectivity index (χ1n) is 3.34. The smallest absolute Gasteiger partial charge is 0.171 e.